The third kappa shape index (κ3) is 3.96. The van der Waals surface area contributed by atoms with Crippen LogP contribution in [-0.2, 0) is 17.9 Å². The molecule has 0 aliphatic carbocycles. The first-order valence-corrected chi connectivity index (χ1v) is 10.8. The summed E-state index contributed by atoms with van der Waals surface area (Å²) in [5, 5.41) is 1.95. The summed E-state index contributed by atoms with van der Waals surface area (Å²) in [5.74, 6) is -0.488. The Kier molecular flexibility index (Phi) is 5.86. The number of ether oxygens (including phenoxy) is 1. The maximum Gasteiger partial charge on any atom is 0.262 e. The number of para-hydroxylation sites is 1. The Balaban J connectivity index is 1.62. The number of amides is 3. The van der Waals surface area contributed by atoms with Crippen molar-refractivity contribution in [3.63, 3.8) is 0 Å². The Hall–Kier alpha value is -3.45. The van der Waals surface area contributed by atoms with E-state index in [9.17, 15) is 14.4 Å². The monoisotopic (exact) mass is 434 g/mol. The number of methoxy groups -OCH3 is 1. The van der Waals surface area contributed by atoms with Gasteiger partial charge in [0.15, 0.2) is 0 Å². The SMILES string of the molecule is COc1ccccc1CN(Cc1cccs1)C(=O)C(C)N1C(=O)c2ccccc2C1=O. The molecule has 0 saturated carbocycles. The van der Waals surface area contributed by atoms with Gasteiger partial charge in [-0.2, -0.15) is 0 Å². The van der Waals surface area contributed by atoms with Crippen LogP contribution in [0, 0.1) is 0 Å². The molecule has 0 fully saturated rings. The molecular formula is C24H22N2O4S. The minimum absolute atomic E-state index is 0.297. The number of carbonyl (C=O) groups is 3. The van der Waals surface area contributed by atoms with Crippen molar-refractivity contribution >= 4 is 29.1 Å². The normalized spacial score (nSPS) is 13.8. The lowest BCUT2D eigenvalue weighted by molar-refractivity contribution is -0.136. The molecule has 3 amide bonds. The van der Waals surface area contributed by atoms with E-state index in [0.717, 1.165) is 15.3 Å². The Morgan fingerprint density at radius 2 is 1.61 bits per heavy atom. The number of thiophene rings is 1. The molecule has 1 unspecified atom stereocenters. The van der Waals surface area contributed by atoms with Gasteiger partial charge in [-0.3, -0.25) is 19.3 Å². The molecule has 1 atom stereocenters. The molecule has 4 rings (SSSR count). The summed E-state index contributed by atoms with van der Waals surface area (Å²) in [6.07, 6.45) is 0. The number of rotatable bonds is 7. The molecule has 0 saturated heterocycles. The van der Waals surface area contributed by atoms with Crippen LogP contribution in [0.15, 0.2) is 66.0 Å². The quantitative estimate of drug-likeness (QED) is 0.528. The summed E-state index contributed by atoms with van der Waals surface area (Å²) in [6.45, 7) is 2.28. The molecule has 0 spiro atoms. The van der Waals surface area contributed by atoms with Gasteiger partial charge in [-0.15, -0.1) is 11.3 Å². The third-order valence-electron chi connectivity index (χ3n) is 5.36. The average molecular weight is 435 g/mol. The van der Waals surface area contributed by atoms with E-state index in [0.29, 0.717) is 30.0 Å². The second kappa shape index (κ2) is 8.73. The number of hydrogen-bond acceptors (Lipinski definition) is 5. The van der Waals surface area contributed by atoms with Gasteiger partial charge in [-0.25, -0.2) is 0 Å². The molecule has 7 heteroatoms. The van der Waals surface area contributed by atoms with Crippen molar-refractivity contribution in [3.8, 4) is 5.75 Å². The lowest BCUT2D eigenvalue weighted by Gasteiger charge is -2.29. The van der Waals surface area contributed by atoms with Crippen LogP contribution in [0.1, 0.15) is 38.1 Å². The number of hydrogen-bond donors (Lipinski definition) is 0. The highest BCUT2D eigenvalue weighted by Crippen LogP contribution is 2.27. The van der Waals surface area contributed by atoms with Crippen molar-refractivity contribution in [1.29, 1.82) is 0 Å². The summed E-state index contributed by atoms with van der Waals surface area (Å²) >= 11 is 1.55. The molecule has 6 nitrogen and oxygen atoms in total. The van der Waals surface area contributed by atoms with Gasteiger partial charge in [-0.1, -0.05) is 36.4 Å². The summed E-state index contributed by atoms with van der Waals surface area (Å²) in [6, 6.07) is 17.1. The highest BCUT2D eigenvalue weighted by molar-refractivity contribution is 7.09. The highest BCUT2D eigenvalue weighted by Gasteiger charge is 2.41. The smallest absolute Gasteiger partial charge is 0.262 e. The second-order valence-electron chi connectivity index (χ2n) is 7.29. The van der Waals surface area contributed by atoms with Crippen LogP contribution in [0.3, 0.4) is 0 Å². The van der Waals surface area contributed by atoms with Crippen molar-refractivity contribution < 1.29 is 19.1 Å². The largest absolute Gasteiger partial charge is 0.496 e. The Morgan fingerprint density at radius 1 is 0.968 bits per heavy atom. The Morgan fingerprint density at radius 3 is 2.23 bits per heavy atom. The van der Waals surface area contributed by atoms with Crippen molar-refractivity contribution in [3.05, 3.63) is 87.6 Å². The number of fused-ring (bicyclic) bond motifs is 1. The first kappa shape index (κ1) is 20.8. The van der Waals surface area contributed by atoms with Gasteiger partial charge in [-0.05, 0) is 36.6 Å². The molecular weight excluding hydrogens is 412 g/mol. The van der Waals surface area contributed by atoms with E-state index < -0.39 is 17.9 Å². The summed E-state index contributed by atoms with van der Waals surface area (Å²) in [5.41, 5.74) is 1.52. The van der Waals surface area contributed by atoms with Crippen molar-refractivity contribution in [1.82, 2.24) is 9.80 Å². The average Bonchev–Trinajstić information content (AvgIpc) is 3.39. The minimum atomic E-state index is -0.929. The first-order valence-electron chi connectivity index (χ1n) is 9.91. The topological polar surface area (TPSA) is 66.9 Å². The fraction of sp³-hybridized carbons (Fsp3) is 0.208. The number of imide groups is 1. The molecule has 2 aromatic carbocycles. The van der Waals surface area contributed by atoms with Crippen molar-refractivity contribution in [2.24, 2.45) is 0 Å². The van der Waals surface area contributed by atoms with E-state index in [1.54, 1.807) is 54.5 Å². The number of nitrogens with zero attached hydrogens (tertiary/aromatic N) is 2. The molecule has 3 aromatic rings. The van der Waals surface area contributed by atoms with Gasteiger partial charge in [0.1, 0.15) is 11.8 Å². The van der Waals surface area contributed by atoms with Crippen LogP contribution in [0.25, 0.3) is 0 Å². The zero-order valence-corrected chi connectivity index (χ0v) is 18.1. The summed E-state index contributed by atoms with van der Waals surface area (Å²) in [4.78, 5) is 43.0. The molecule has 0 bridgehead atoms. The Labute approximate surface area is 184 Å². The first-order chi connectivity index (χ1) is 15.0. The van der Waals surface area contributed by atoms with E-state index in [2.05, 4.69) is 0 Å². The van der Waals surface area contributed by atoms with Crippen molar-refractivity contribution in [2.75, 3.05) is 7.11 Å². The van der Waals surface area contributed by atoms with Gasteiger partial charge in [0, 0.05) is 17.0 Å². The van der Waals surface area contributed by atoms with E-state index in [1.807, 2.05) is 41.8 Å². The van der Waals surface area contributed by atoms with Gasteiger partial charge in [0.25, 0.3) is 11.8 Å². The van der Waals surface area contributed by atoms with Crippen LogP contribution >= 0.6 is 11.3 Å². The van der Waals surface area contributed by atoms with Crippen LogP contribution in [-0.4, -0.2) is 40.7 Å². The molecule has 2 heterocycles. The second-order valence-corrected chi connectivity index (χ2v) is 8.32. The molecule has 0 N–H and O–H groups in total. The van der Waals surface area contributed by atoms with Crippen LogP contribution in [0.4, 0.5) is 0 Å². The van der Waals surface area contributed by atoms with Gasteiger partial charge < -0.3 is 9.64 Å². The predicted molar refractivity (Wildman–Crippen MR) is 118 cm³/mol. The third-order valence-corrected chi connectivity index (χ3v) is 6.22. The maximum atomic E-state index is 13.5. The fourth-order valence-electron chi connectivity index (χ4n) is 3.78. The van der Waals surface area contributed by atoms with E-state index >= 15 is 0 Å². The minimum Gasteiger partial charge on any atom is -0.496 e. The molecule has 1 aromatic heterocycles. The van der Waals surface area contributed by atoms with E-state index in [-0.39, 0.29) is 5.91 Å². The molecule has 1 aliphatic heterocycles. The van der Waals surface area contributed by atoms with E-state index in [4.69, 9.17) is 4.74 Å². The predicted octanol–water partition coefficient (Wildman–Crippen LogP) is 3.97. The number of benzene rings is 2. The Bertz CT molecular complexity index is 1090. The highest BCUT2D eigenvalue weighted by atomic mass is 32.1. The van der Waals surface area contributed by atoms with E-state index in [1.165, 1.54) is 0 Å². The van der Waals surface area contributed by atoms with Gasteiger partial charge >= 0.3 is 0 Å². The van der Waals surface area contributed by atoms with Crippen LogP contribution in [0.5, 0.6) is 5.75 Å². The number of carbonyl (C=O) groups excluding carboxylic acids is 3. The van der Waals surface area contributed by atoms with Crippen LogP contribution in [0.2, 0.25) is 0 Å². The summed E-state index contributed by atoms with van der Waals surface area (Å²) in [7, 11) is 1.59. The zero-order valence-electron chi connectivity index (χ0n) is 17.3. The lowest BCUT2D eigenvalue weighted by Crippen LogP contribution is -2.49. The molecule has 0 radical (unpaired) electrons. The molecule has 158 valence electrons. The van der Waals surface area contributed by atoms with Gasteiger partial charge in [0.2, 0.25) is 5.91 Å². The maximum absolute atomic E-state index is 13.5. The van der Waals surface area contributed by atoms with Crippen LogP contribution < -0.4 is 4.74 Å². The van der Waals surface area contributed by atoms with Crippen molar-refractivity contribution in [2.45, 2.75) is 26.1 Å². The zero-order chi connectivity index (χ0) is 22.0. The summed E-state index contributed by atoms with van der Waals surface area (Å²) < 4.78 is 5.44. The fourth-order valence-corrected chi connectivity index (χ4v) is 4.50. The molecule has 31 heavy (non-hydrogen) atoms. The standard InChI is InChI=1S/C24H22N2O4S/c1-16(26-23(28)19-10-4-5-11-20(19)24(26)29)22(27)25(15-18-9-7-13-31-18)14-17-8-3-6-12-21(17)30-2/h3-13,16H,14-15H2,1-2H3. The molecule has 1 aliphatic rings. The van der Waals surface area contributed by atoms with Gasteiger partial charge in [0.05, 0.1) is 24.8 Å². The lowest BCUT2D eigenvalue weighted by atomic mass is 10.1.